The second-order valence-electron chi connectivity index (χ2n) is 7.75. The number of pyridine rings is 2. The average molecular weight is 447 g/mol. The summed E-state index contributed by atoms with van der Waals surface area (Å²) >= 11 is 0. The Morgan fingerprint density at radius 3 is 2.41 bits per heavy atom. The molecule has 0 spiro atoms. The van der Waals surface area contributed by atoms with Crippen LogP contribution in [-0.2, 0) is 11.3 Å². The third kappa shape index (κ3) is 4.59. The zero-order chi connectivity index (χ0) is 23.3. The van der Waals surface area contributed by atoms with Crippen LogP contribution in [0, 0.1) is 0 Å². The first kappa shape index (κ1) is 21.2. The molecule has 0 aliphatic carbocycles. The van der Waals surface area contributed by atoms with Gasteiger partial charge in [0.05, 0.1) is 23.1 Å². The molecule has 0 aliphatic heterocycles. The normalized spacial score (nSPS) is 10.7. The lowest BCUT2D eigenvalue weighted by molar-refractivity contribution is -0.114. The van der Waals surface area contributed by atoms with Gasteiger partial charge in [-0.1, -0.05) is 48.5 Å². The van der Waals surface area contributed by atoms with Crippen LogP contribution in [0.5, 0.6) is 0 Å². The Morgan fingerprint density at radius 2 is 1.68 bits per heavy atom. The van der Waals surface area contributed by atoms with E-state index in [1.165, 1.54) is 6.92 Å². The van der Waals surface area contributed by atoms with Crippen LogP contribution in [0.25, 0.3) is 33.4 Å². The van der Waals surface area contributed by atoms with Crippen molar-refractivity contribution < 1.29 is 4.79 Å². The van der Waals surface area contributed by atoms with Gasteiger partial charge >= 0.3 is 0 Å². The summed E-state index contributed by atoms with van der Waals surface area (Å²) in [6.07, 6.45) is 3.44. The van der Waals surface area contributed by atoms with Crippen LogP contribution in [0.2, 0.25) is 0 Å². The molecule has 0 fully saturated rings. The first-order valence-electron chi connectivity index (χ1n) is 10.9. The van der Waals surface area contributed by atoms with E-state index in [0.717, 1.165) is 39.1 Å². The molecule has 0 atom stereocenters. The lowest BCUT2D eigenvalue weighted by Crippen LogP contribution is -2.07. The Hall–Kier alpha value is -4.65. The van der Waals surface area contributed by atoms with Crippen molar-refractivity contribution in [3.63, 3.8) is 0 Å². The quantitative estimate of drug-likeness (QED) is 0.367. The van der Waals surface area contributed by atoms with E-state index in [1.807, 2.05) is 54.6 Å². The monoisotopic (exact) mass is 446 g/mol. The molecule has 3 aromatic heterocycles. The topological polar surface area (TPSA) is 92.7 Å². The Morgan fingerprint density at radius 1 is 0.824 bits per heavy atom. The standard InChI is InChI=1S/C27H22N6O/c1-18(34)31-24-14-13-20(16-29-24)26-32-23-12-7-11-22(19-8-3-2-4-9-19)25(23)27(33-26)30-17-21-10-5-6-15-28-21/h2-16H,17H2,1H3,(H,29,31,34)(H,30,32,33). The lowest BCUT2D eigenvalue weighted by atomic mass is 10.0. The van der Waals surface area contributed by atoms with Gasteiger partial charge in [0.15, 0.2) is 5.82 Å². The summed E-state index contributed by atoms with van der Waals surface area (Å²) in [5, 5.41) is 7.09. The number of carbonyl (C=O) groups is 1. The van der Waals surface area contributed by atoms with E-state index in [0.29, 0.717) is 18.2 Å². The zero-order valence-electron chi connectivity index (χ0n) is 18.6. The second-order valence-corrected chi connectivity index (χ2v) is 7.75. The fourth-order valence-electron chi connectivity index (χ4n) is 3.76. The Bertz CT molecular complexity index is 1440. The predicted octanol–water partition coefficient (Wildman–Crippen LogP) is 5.32. The van der Waals surface area contributed by atoms with Crippen LogP contribution >= 0.6 is 0 Å². The number of amides is 1. The summed E-state index contributed by atoms with van der Waals surface area (Å²) in [6.45, 7) is 1.97. The van der Waals surface area contributed by atoms with E-state index >= 15 is 0 Å². The van der Waals surface area contributed by atoms with Crippen molar-refractivity contribution in [2.24, 2.45) is 0 Å². The van der Waals surface area contributed by atoms with E-state index in [2.05, 4.69) is 38.8 Å². The summed E-state index contributed by atoms with van der Waals surface area (Å²) in [5.74, 6) is 1.58. The van der Waals surface area contributed by atoms with Crippen molar-refractivity contribution in [1.29, 1.82) is 0 Å². The summed E-state index contributed by atoms with van der Waals surface area (Å²) in [6, 6.07) is 25.7. The smallest absolute Gasteiger partial charge is 0.222 e. The molecule has 0 unspecified atom stereocenters. The number of hydrogen-bond acceptors (Lipinski definition) is 6. The van der Waals surface area contributed by atoms with Gasteiger partial charge in [0.2, 0.25) is 5.91 Å². The Balaban J connectivity index is 1.62. The van der Waals surface area contributed by atoms with Gasteiger partial charge < -0.3 is 10.6 Å². The average Bonchev–Trinajstić information content (AvgIpc) is 2.88. The van der Waals surface area contributed by atoms with Crippen LogP contribution in [0.4, 0.5) is 11.6 Å². The van der Waals surface area contributed by atoms with Crippen molar-refractivity contribution in [2.75, 3.05) is 10.6 Å². The highest BCUT2D eigenvalue weighted by molar-refractivity contribution is 6.02. The van der Waals surface area contributed by atoms with E-state index in [-0.39, 0.29) is 5.91 Å². The third-order valence-electron chi connectivity index (χ3n) is 5.30. The number of nitrogens with one attached hydrogen (secondary N) is 2. The molecule has 0 radical (unpaired) electrons. The van der Waals surface area contributed by atoms with Gasteiger partial charge in [0.25, 0.3) is 0 Å². The van der Waals surface area contributed by atoms with Crippen LogP contribution in [0.3, 0.4) is 0 Å². The van der Waals surface area contributed by atoms with Gasteiger partial charge in [-0.2, -0.15) is 0 Å². The molecule has 5 rings (SSSR count). The molecule has 166 valence electrons. The lowest BCUT2D eigenvalue weighted by Gasteiger charge is -2.14. The first-order valence-corrected chi connectivity index (χ1v) is 10.9. The SMILES string of the molecule is CC(=O)Nc1ccc(-c2nc(NCc3ccccn3)c3c(-c4ccccc4)cccc3n2)cn1. The maximum absolute atomic E-state index is 11.3. The maximum Gasteiger partial charge on any atom is 0.222 e. The Labute approximate surface area is 197 Å². The second kappa shape index (κ2) is 9.46. The van der Waals surface area contributed by atoms with Crippen molar-refractivity contribution in [3.8, 4) is 22.5 Å². The molecule has 7 nitrogen and oxygen atoms in total. The molecule has 2 aromatic carbocycles. The van der Waals surface area contributed by atoms with Gasteiger partial charge in [-0.25, -0.2) is 15.0 Å². The molecule has 0 saturated heterocycles. The van der Waals surface area contributed by atoms with E-state index in [1.54, 1.807) is 18.5 Å². The minimum absolute atomic E-state index is 0.170. The number of rotatable bonds is 6. The van der Waals surface area contributed by atoms with E-state index in [9.17, 15) is 4.79 Å². The molecule has 5 aromatic rings. The molecule has 0 bridgehead atoms. The molecule has 0 aliphatic rings. The van der Waals surface area contributed by atoms with E-state index < -0.39 is 0 Å². The molecule has 34 heavy (non-hydrogen) atoms. The highest BCUT2D eigenvalue weighted by Crippen LogP contribution is 2.34. The number of nitrogens with zero attached hydrogens (tertiary/aromatic N) is 4. The zero-order valence-corrected chi connectivity index (χ0v) is 18.6. The van der Waals surface area contributed by atoms with Gasteiger partial charge in [0.1, 0.15) is 11.6 Å². The van der Waals surface area contributed by atoms with Crippen LogP contribution in [0.15, 0.2) is 91.3 Å². The molecular weight excluding hydrogens is 424 g/mol. The van der Waals surface area contributed by atoms with Gasteiger partial charge in [0, 0.05) is 24.9 Å². The summed E-state index contributed by atoms with van der Waals surface area (Å²) in [4.78, 5) is 29.8. The number of aromatic nitrogens is 4. The third-order valence-corrected chi connectivity index (χ3v) is 5.30. The molecule has 1 amide bonds. The molecular formula is C27H22N6O. The van der Waals surface area contributed by atoms with Gasteiger partial charge in [-0.15, -0.1) is 0 Å². The molecule has 7 heteroatoms. The number of carbonyl (C=O) groups excluding carboxylic acids is 1. The van der Waals surface area contributed by atoms with Crippen molar-refractivity contribution in [3.05, 3.63) is 97.0 Å². The number of fused-ring (bicyclic) bond motifs is 1. The van der Waals surface area contributed by atoms with Crippen LogP contribution < -0.4 is 10.6 Å². The van der Waals surface area contributed by atoms with Crippen molar-refractivity contribution in [1.82, 2.24) is 19.9 Å². The number of hydrogen-bond donors (Lipinski definition) is 2. The predicted molar refractivity (Wildman–Crippen MR) is 134 cm³/mol. The first-order chi connectivity index (χ1) is 16.7. The minimum atomic E-state index is -0.170. The maximum atomic E-state index is 11.3. The highest BCUT2D eigenvalue weighted by Gasteiger charge is 2.15. The van der Waals surface area contributed by atoms with Crippen molar-refractivity contribution in [2.45, 2.75) is 13.5 Å². The Kier molecular flexibility index (Phi) is 5.90. The number of benzene rings is 2. The van der Waals surface area contributed by atoms with Gasteiger partial charge in [-0.3, -0.25) is 9.78 Å². The van der Waals surface area contributed by atoms with Crippen molar-refractivity contribution >= 4 is 28.4 Å². The van der Waals surface area contributed by atoms with Crippen LogP contribution in [0.1, 0.15) is 12.6 Å². The van der Waals surface area contributed by atoms with Crippen LogP contribution in [-0.4, -0.2) is 25.8 Å². The molecule has 0 saturated carbocycles. The highest BCUT2D eigenvalue weighted by atomic mass is 16.1. The fourth-order valence-corrected chi connectivity index (χ4v) is 3.76. The fraction of sp³-hybridized carbons (Fsp3) is 0.0741. The molecule has 2 N–H and O–H groups in total. The summed E-state index contributed by atoms with van der Waals surface area (Å²) in [7, 11) is 0. The minimum Gasteiger partial charge on any atom is -0.364 e. The molecule has 3 heterocycles. The largest absolute Gasteiger partial charge is 0.364 e. The summed E-state index contributed by atoms with van der Waals surface area (Å²) in [5.41, 5.74) is 4.62. The van der Waals surface area contributed by atoms with E-state index in [4.69, 9.17) is 9.97 Å². The van der Waals surface area contributed by atoms with Gasteiger partial charge in [-0.05, 0) is 41.5 Å². The summed E-state index contributed by atoms with van der Waals surface area (Å²) < 4.78 is 0. The number of anilines is 2.